The molecule has 0 aliphatic rings. The summed E-state index contributed by atoms with van der Waals surface area (Å²) in [5, 5.41) is 5.84. The van der Waals surface area contributed by atoms with E-state index >= 15 is 0 Å². The van der Waals surface area contributed by atoms with Gasteiger partial charge in [-0.15, -0.1) is 11.3 Å². The van der Waals surface area contributed by atoms with Crippen molar-refractivity contribution < 1.29 is 14.3 Å². The summed E-state index contributed by atoms with van der Waals surface area (Å²) in [6, 6.07) is 15.9. The fourth-order valence-electron chi connectivity index (χ4n) is 2.93. The molecule has 1 aromatic heterocycles. The van der Waals surface area contributed by atoms with Gasteiger partial charge in [0.15, 0.2) is 0 Å². The molecule has 3 aromatic rings. The van der Waals surface area contributed by atoms with Crippen molar-refractivity contribution in [1.29, 1.82) is 0 Å². The van der Waals surface area contributed by atoms with Crippen LogP contribution in [0.15, 0.2) is 53.9 Å². The fraction of sp³-hybridized carbons (Fsp3) is 0.333. The Morgan fingerprint density at radius 3 is 2.53 bits per heavy atom. The lowest BCUT2D eigenvalue weighted by atomic mass is 10.1. The van der Waals surface area contributed by atoms with Gasteiger partial charge in [0, 0.05) is 17.5 Å². The summed E-state index contributed by atoms with van der Waals surface area (Å²) in [5.41, 5.74) is 3.96. The van der Waals surface area contributed by atoms with Crippen molar-refractivity contribution in [2.45, 2.75) is 46.4 Å². The molecular formula is C24H28N2O3S. The first-order chi connectivity index (χ1) is 14.5. The van der Waals surface area contributed by atoms with E-state index < -0.39 is 0 Å². The number of nitrogens with zero attached hydrogens (tertiary/aromatic N) is 1. The van der Waals surface area contributed by atoms with Gasteiger partial charge in [0.1, 0.15) is 10.8 Å². The molecule has 1 heterocycles. The van der Waals surface area contributed by atoms with Crippen molar-refractivity contribution in [3.8, 4) is 16.3 Å². The van der Waals surface area contributed by atoms with Crippen molar-refractivity contribution in [3.63, 3.8) is 0 Å². The molecule has 0 fully saturated rings. The molecule has 0 bridgehead atoms. The molecule has 0 radical (unpaired) electrons. The van der Waals surface area contributed by atoms with E-state index in [1.54, 1.807) is 11.3 Å². The average Bonchev–Trinajstić information content (AvgIpc) is 3.20. The molecule has 0 spiro atoms. The lowest BCUT2D eigenvalue weighted by molar-refractivity contribution is -0.120. The number of aromatic nitrogens is 1. The van der Waals surface area contributed by atoms with E-state index in [4.69, 9.17) is 9.47 Å². The Morgan fingerprint density at radius 1 is 1.10 bits per heavy atom. The number of benzene rings is 2. The molecule has 0 atom stereocenters. The van der Waals surface area contributed by atoms with Crippen LogP contribution in [0.5, 0.6) is 5.75 Å². The summed E-state index contributed by atoms with van der Waals surface area (Å²) in [4.78, 5) is 17.0. The average molecular weight is 425 g/mol. The Morgan fingerprint density at radius 2 is 1.83 bits per heavy atom. The molecule has 158 valence electrons. The SMILES string of the molecule is CCOc1ccc(-c2nc(CC(=O)NCc3ccccc3COC(C)C)cs2)cc1. The van der Waals surface area contributed by atoms with Crippen molar-refractivity contribution in [3.05, 3.63) is 70.7 Å². The van der Waals surface area contributed by atoms with Gasteiger partial charge in [0.2, 0.25) is 5.91 Å². The third-order valence-electron chi connectivity index (χ3n) is 4.47. The Balaban J connectivity index is 1.55. The van der Waals surface area contributed by atoms with E-state index in [0.717, 1.165) is 33.1 Å². The first kappa shape index (κ1) is 22.0. The minimum Gasteiger partial charge on any atom is -0.494 e. The maximum absolute atomic E-state index is 12.4. The second kappa shape index (κ2) is 10.9. The van der Waals surface area contributed by atoms with Crippen LogP contribution in [0.4, 0.5) is 0 Å². The lowest BCUT2D eigenvalue weighted by Crippen LogP contribution is -2.25. The predicted octanol–water partition coefficient (Wildman–Crippen LogP) is 4.99. The summed E-state index contributed by atoms with van der Waals surface area (Å²) in [6.45, 7) is 7.66. The van der Waals surface area contributed by atoms with E-state index in [1.807, 2.05) is 74.7 Å². The second-order valence-corrected chi connectivity index (χ2v) is 8.04. The van der Waals surface area contributed by atoms with Crippen LogP contribution in [0.2, 0.25) is 0 Å². The van der Waals surface area contributed by atoms with Gasteiger partial charge in [0.25, 0.3) is 0 Å². The zero-order chi connectivity index (χ0) is 21.3. The maximum Gasteiger partial charge on any atom is 0.226 e. The van der Waals surface area contributed by atoms with Gasteiger partial charge in [-0.05, 0) is 56.2 Å². The molecule has 0 saturated carbocycles. The second-order valence-electron chi connectivity index (χ2n) is 7.18. The lowest BCUT2D eigenvalue weighted by Gasteiger charge is -2.12. The first-order valence-electron chi connectivity index (χ1n) is 10.2. The molecule has 30 heavy (non-hydrogen) atoms. The molecule has 3 rings (SSSR count). The molecule has 5 nitrogen and oxygen atoms in total. The van der Waals surface area contributed by atoms with Crippen molar-refractivity contribution in [2.75, 3.05) is 6.61 Å². The first-order valence-corrected chi connectivity index (χ1v) is 11.1. The standard InChI is InChI=1S/C24H28N2O3S/c1-4-28-22-11-9-18(10-12-22)24-26-21(16-30-24)13-23(27)25-14-19-7-5-6-8-20(19)15-29-17(2)3/h5-12,16-17H,4,13-15H2,1-3H3,(H,25,27). The normalized spacial score (nSPS) is 10.9. The highest BCUT2D eigenvalue weighted by atomic mass is 32.1. The number of thiazole rings is 1. The number of hydrogen-bond donors (Lipinski definition) is 1. The topological polar surface area (TPSA) is 60.5 Å². The fourth-order valence-corrected chi connectivity index (χ4v) is 3.76. The highest BCUT2D eigenvalue weighted by molar-refractivity contribution is 7.13. The Labute approximate surface area is 182 Å². The van der Waals surface area contributed by atoms with Gasteiger partial charge >= 0.3 is 0 Å². The predicted molar refractivity (Wildman–Crippen MR) is 121 cm³/mol. The van der Waals surface area contributed by atoms with Crippen LogP contribution in [0, 0.1) is 0 Å². The molecular weight excluding hydrogens is 396 g/mol. The number of carbonyl (C=O) groups excluding carboxylic acids is 1. The molecule has 0 aliphatic carbocycles. The third-order valence-corrected chi connectivity index (χ3v) is 5.41. The molecule has 0 unspecified atom stereocenters. The van der Waals surface area contributed by atoms with Crippen LogP contribution in [0.3, 0.4) is 0 Å². The van der Waals surface area contributed by atoms with Crippen LogP contribution < -0.4 is 10.1 Å². The Hall–Kier alpha value is -2.70. The summed E-state index contributed by atoms with van der Waals surface area (Å²) >= 11 is 1.54. The number of carbonyl (C=O) groups is 1. The smallest absolute Gasteiger partial charge is 0.226 e. The molecule has 0 aliphatic heterocycles. The largest absolute Gasteiger partial charge is 0.494 e. The van der Waals surface area contributed by atoms with Crippen molar-refractivity contribution in [1.82, 2.24) is 10.3 Å². The van der Waals surface area contributed by atoms with Crippen LogP contribution >= 0.6 is 11.3 Å². The van der Waals surface area contributed by atoms with E-state index in [2.05, 4.69) is 10.3 Å². The van der Waals surface area contributed by atoms with Crippen LogP contribution in [-0.4, -0.2) is 23.6 Å². The van der Waals surface area contributed by atoms with Crippen LogP contribution in [0.1, 0.15) is 37.6 Å². The van der Waals surface area contributed by atoms with Gasteiger partial charge in [-0.3, -0.25) is 4.79 Å². The minimum absolute atomic E-state index is 0.0434. The van der Waals surface area contributed by atoms with E-state index in [9.17, 15) is 4.79 Å². The van der Waals surface area contributed by atoms with Gasteiger partial charge in [-0.25, -0.2) is 4.98 Å². The van der Waals surface area contributed by atoms with Crippen molar-refractivity contribution >= 4 is 17.2 Å². The van der Waals surface area contributed by atoms with E-state index in [0.29, 0.717) is 19.8 Å². The number of ether oxygens (including phenoxy) is 2. The number of amides is 1. The highest BCUT2D eigenvalue weighted by Crippen LogP contribution is 2.26. The molecule has 0 saturated heterocycles. The Bertz CT molecular complexity index is 951. The quantitative estimate of drug-likeness (QED) is 0.498. The zero-order valence-electron chi connectivity index (χ0n) is 17.7. The monoisotopic (exact) mass is 424 g/mol. The third kappa shape index (κ3) is 6.40. The van der Waals surface area contributed by atoms with E-state index in [1.165, 1.54) is 0 Å². The van der Waals surface area contributed by atoms with Gasteiger partial charge in [-0.1, -0.05) is 24.3 Å². The highest BCUT2D eigenvalue weighted by Gasteiger charge is 2.10. The molecule has 1 amide bonds. The van der Waals surface area contributed by atoms with Gasteiger partial charge in [0.05, 0.1) is 31.4 Å². The van der Waals surface area contributed by atoms with Gasteiger partial charge in [-0.2, -0.15) is 0 Å². The summed E-state index contributed by atoms with van der Waals surface area (Å²) in [6.07, 6.45) is 0.431. The Kier molecular flexibility index (Phi) is 7.99. The van der Waals surface area contributed by atoms with E-state index in [-0.39, 0.29) is 18.4 Å². The number of nitrogens with one attached hydrogen (secondary N) is 1. The molecule has 2 aromatic carbocycles. The summed E-state index contributed by atoms with van der Waals surface area (Å²) in [7, 11) is 0. The molecule has 6 heteroatoms. The van der Waals surface area contributed by atoms with Crippen molar-refractivity contribution in [2.24, 2.45) is 0 Å². The zero-order valence-corrected chi connectivity index (χ0v) is 18.5. The number of rotatable bonds is 10. The summed E-state index contributed by atoms with van der Waals surface area (Å²) < 4.78 is 11.2. The minimum atomic E-state index is -0.0434. The maximum atomic E-state index is 12.4. The number of hydrogen-bond acceptors (Lipinski definition) is 5. The van der Waals surface area contributed by atoms with Crippen LogP contribution in [-0.2, 0) is 29.1 Å². The molecule has 1 N–H and O–H groups in total. The van der Waals surface area contributed by atoms with Crippen LogP contribution in [0.25, 0.3) is 10.6 Å². The summed E-state index contributed by atoms with van der Waals surface area (Å²) in [5.74, 6) is 0.801. The van der Waals surface area contributed by atoms with Gasteiger partial charge < -0.3 is 14.8 Å².